The Hall–Kier alpha value is -1.38. The highest BCUT2D eigenvalue weighted by Gasteiger charge is 2.30. The van der Waals surface area contributed by atoms with Crippen molar-refractivity contribution in [3.8, 4) is 0 Å². The van der Waals surface area contributed by atoms with Crippen molar-refractivity contribution in [1.29, 1.82) is 0 Å². The van der Waals surface area contributed by atoms with E-state index in [-0.39, 0.29) is 17.5 Å². The first kappa shape index (κ1) is 11.7. The lowest BCUT2D eigenvalue weighted by atomic mass is 9.85. The first-order valence-electron chi connectivity index (χ1n) is 4.97. The number of hydrogen-bond donors (Lipinski definition) is 0. The summed E-state index contributed by atoms with van der Waals surface area (Å²) < 4.78 is 5.42. The number of ether oxygens (including phenoxy) is 1. The molecule has 0 N–H and O–H groups in total. The van der Waals surface area contributed by atoms with Gasteiger partial charge in [0.1, 0.15) is 11.5 Å². The van der Waals surface area contributed by atoms with Crippen LogP contribution in [0.25, 0.3) is 0 Å². The van der Waals surface area contributed by atoms with Gasteiger partial charge in [0, 0.05) is 17.1 Å². The smallest absolute Gasteiger partial charge is 0.159 e. The molecule has 0 saturated heterocycles. The minimum Gasteiger partial charge on any atom is -0.466 e. The number of Topliss-reactive ketones (excluding diaryl/α,β-unsaturated/α-hetero) is 2. The molecule has 0 saturated carbocycles. The summed E-state index contributed by atoms with van der Waals surface area (Å²) in [5.41, 5.74) is 1.21. The molecule has 0 spiro atoms. The van der Waals surface area contributed by atoms with E-state index in [1.54, 1.807) is 13.8 Å². The summed E-state index contributed by atoms with van der Waals surface area (Å²) in [6, 6.07) is 0. The predicted molar refractivity (Wildman–Crippen MR) is 57.0 cm³/mol. The fraction of sp³-hybridized carbons (Fsp3) is 0.500. The van der Waals surface area contributed by atoms with Crippen LogP contribution in [-0.2, 0) is 14.3 Å². The monoisotopic (exact) mass is 208 g/mol. The van der Waals surface area contributed by atoms with Gasteiger partial charge in [-0.2, -0.15) is 0 Å². The van der Waals surface area contributed by atoms with Gasteiger partial charge >= 0.3 is 0 Å². The second-order valence-corrected chi connectivity index (χ2v) is 3.88. The summed E-state index contributed by atoms with van der Waals surface area (Å²) in [6.07, 6.45) is 0. The van der Waals surface area contributed by atoms with Gasteiger partial charge in [0.25, 0.3) is 0 Å². The molecule has 0 amide bonds. The van der Waals surface area contributed by atoms with Crippen molar-refractivity contribution in [3.05, 3.63) is 22.7 Å². The molecule has 0 aromatic heterocycles. The van der Waals surface area contributed by atoms with Crippen molar-refractivity contribution in [3.63, 3.8) is 0 Å². The van der Waals surface area contributed by atoms with E-state index in [0.29, 0.717) is 22.7 Å². The zero-order valence-corrected chi connectivity index (χ0v) is 9.80. The lowest BCUT2D eigenvalue weighted by Crippen LogP contribution is -2.22. The highest BCUT2D eigenvalue weighted by atomic mass is 16.5. The van der Waals surface area contributed by atoms with E-state index in [1.807, 2.05) is 6.92 Å². The Bertz CT molecular complexity index is 350. The largest absolute Gasteiger partial charge is 0.466 e. The fourth-order valence-electron chi connectivity index (χ4n) is 2.20. The van der Waals surface area contributed by atoms with Crippen LogP contribution in [0.15, 0.2) is 22.7 Å². The number of hydrogen-bond acceptors (Lipinski definition) is 3. The van der Waals surface area contributed by atoms with E-state index in [1.165, 1.54) is 13.8 Å². The molecular weight excluding hydrogens is 192 g/mol. The van der Waals surface area contributed by atoms with Gasteiger partial charge in [-0.1, -0.05) is 6.92 Å². The quantitative estimate of drug-likeness (QED) is 0.699. The predicted octanol–water partition coefficient (Wildman–Crippen LogP) is 2.38. The van der Waals surface area contributed by atoms with Crippen LogP contribution < -0.4 is 0 Å². The van der Waals surface area contributed by atoms with E-state index < -0.39 is 0 Å². The van der Waals surface area contributed by atoms with Crippen LogP contribution in [0.5, 0.6) is 0 Å². The number of carbonyl (C=O) groups excluding carboxylic acids is 2. The molecule has 0 aliphatic carbocycles. The van der Waals surface area contributed by atoms with Crippen molar-refractivity contribution in [2.75, 3.05) is 0 Å². The molecule has 0 aromatic rings. The van der Waals surface area contributed by atoms with Crippen LogP contribution in [0.4, 0.5) is 0 Å². The second kappa shape index (κ2) is 4.01. The molecule has 1 aliphatic heterocycles. The van der Waals surface area contributed by atoms with Gasteiger partial charge < -0.3 is 4.74 Å². The van der Waals surface area contributed by atoms with E-state index in [4.69, 9.17) is 4.74 Å². The average molecular weight is 208 g/mol. The fourth-order valence-corrected chi connectivity index (χ4v) is 2.20. The molecular formula is C12H16O3. The molecule has 0 aromatic carbocycles. The minimum absolute atomic E-state index is 0.0359. The number of ketones is 2. The van der Waals surface area contributed by atoms with Gasteiger partial charge in [0.05, 0.1) is 0 Å². The Morgan fingerprint density at radius 1 is 1.00 bits per heavy atom. The van der Waals surface area contributed by atoms with Gasteiger partial charge in [0.15, 0.2) is 11.6 Å². The second-order valence-electron chi connectivity index (χ2n) is 3.88. The van der Waals surface area contributed by atoms with E-state index in [9.17, 15) is 9.59 Å². The Kier molecular flexibility index (Phi) is 3.12. The van der Waals surface area contributed by atoms with Crippen molar-refractivity contribution in [2.45, 2.75) is 34.6 Å². The van der Waals surface area contributed by atoms with Crippen LogP contribution in [0, 0.1) is 5.92 Å². The summed E-state index contributed by atoms with van der Waals surface area (Å²) in [4.78, 5) is 22.8. The lowest BCUT2D eigenvalue weighted by Gasteiger charge is -2.26. The van der Waals surface area contributed by atoms with Crippen molar-refractivity contribution in [2.24, 2.45) is 5.92 Å². The third-order valence-electron chi connectivity index (χ3n) is 2.69. The molecule has 82 valence electrons. The Balaban J connectivity index is 3.22. The highest BCUT2D eigenvalue weighted by Crippen LogP contribution is 2.33. The van der Waals surface area contributed by atoms with Crippen LogP contribution in [0.2, 0.25) is 0 Å². The molecule has 1 rings (SSSR count). The molecule has 0 bridgehead atoms. The minimum atomic E-state index is -0.159. The van der Waals surface area contributed by atoms with E-state index in [2.05, 4.69) is 0 Å². The third-order valence-corrected chi connectivity index (χ3v) is 2.69. The maximum atomic E-state index is 11.4. The molecule has 15 heavy (non-hydrogen) atoms. The number of carbonyl (C=O) groups is 2. The molecule has 0 radical (unpaired) electrons. The Labute approximate surface area is 89.8 Å². The average Bonchev–Trinajstić information content (AvgIpc) is 1.99. The zero-order chi connectivity index (χ0) is 11.7. The molecule has 0 fully saturated rings. The maximum absolute atomic E-state index is 11.4. The Morgan fingerprint density at radius 2 is 1.33 bits per heavy atom. The van der Waals surface area contributed by atoms with Gasteiger partial charge in [0.2, 0.25) is 0 Å². The van der Waals surface area contributed by atoms with E-state index in [0.717, 1.165) is 0 Å². The molecule has 0 unspecified atom stereocenters. The first-order chi connectivity index (χ1) is 6.86. The van der Waals surface area contributed by atoms with Gasteiger partial charge in [-0.3, -0.25) is 9.59 Å². The summed E-state index contributed by atoms with van der Waals surface area (Å²) in [5.74, 6) is 0.987. The topological polar surface area (TPSA) is 43.4 Å². The maximum Gasteiger partial charge on any atom is 0.159 e. The van der Waals surface area contributed by atoms with E-state index >= 15 is 0 Å². The molecule has 1 aliphatic rings. The van der Waals surface area contributed by atoms with Crippen LogP contribution in [0.1, 0.15) is 34.6 Å². The van der Waals surface area contributed by atoms with Crippen molar-refractivity contribution >= 4 is 11.6 Å². The SMILES string of the molecule is CC(=O)C1=C(C)OC(C)=C(C(C)=O)C1C. The zero-order valence-electron chi connectivity index (χ0n) is 9.80. The van der Waals surface area contributed by atoms with Crippen LogP contribution in [-0.4, -0.2) is 11.6 Å². The molecule has 0 atom stereocenters. The third kappa shape index (κ3) is 2.01. The standard InChI is InChI=1S/C12H16O3/c1-6-11(7(2)13)9(4)15-10(5)12(6)8(3)14/h6H,1-5H3. The van der Waals surface area contributed by atoms with Gasteiger partial charge in [-0.15, -0.1) is 0 Å². The summed E-state index contributed by atoms with van der Waals surface area (Å²) in [6.45, 7) is 8.37. The molecule has 3 heteroatoms. The Morgan fingerprint density at radius 3 is 1.60 bits per heavy atom. The number of rotatable bonds is 2. The van der Waals surface area contributed by atoms with Gasteiger partial charge in [-0.25, -0.2) is 0 Å². The van der Waals surface area contributed by atoms with Gasteiger partial charge in [-0.05, 0) is 27.7 Å². The summed E-state index contributed by atoms with van der Waals surface area (Å²) in [5, 5.41) is 0. The van der Waals surface area contributed by atoms with Crippen molar-refractivity contribution < 1.29 is 14.3 Å². The summed E-state index contributed by atoms with van der Waals surface area (Å²) in [7, 11) is 0. The normalized spacial score (nSPS) is 17.9. The van der Waals surface area contributed by atoms with Crippen LogP contribution >= 0.6 is 0 Å². The highest BCUT2D eigenvalue weighted by molar-refractivity contribution is 6.01. The summed E-state index contributed by atoms with van der Waals surface area (Å²) >= 11 is 0. The lowest BCUT2D eigenvalue weighted by molar-refractivity contribution is -0.115. The van der Waals surface area contributed by atoms with Crippen molar-refractivity contribution in [1.82, 2.24) is 0 Å². The van der Waals surface area contributed by atoms with Crippen LogP contribution in [0.3, 0.4) is 0 Å². The first-order valence-corrected chi connectivity index (χ1v) is 4.97. The molecule has 3 nitrogen and oxygen atoms in total. The number of allylic oxidation sites excluding steroid dienone is 4. The molecule has 1 heterocycles.